The molecule has 1 N–H and O–H groups in total. The number of carboxylic acids is 1. The molecule has 0 aromatic carbocycles. The lowest BCUT2D eigenvalue weighted by Crippen LogP contribution is -2.57. The van der Waals surface area contributed by atoms with Crippen molar-refractivity contribution in [3.8, 4) is 0 Å². The molecule has 2 aliphatic carbocycles. The van der Waals surface area contributed by atoms with Gasteiger partial charge in [-0.1, -0.05) is 19.8 Å². The molecule has 2 rings (SSSR count). The molecule has 3 atom stereocenters. The molecule has 0 aliphatic heterocycles. The van der Waals surface area contributed by atoms with Crippen molar-refractivity contribution in [2.75, 3.05) is 7.05 Å². The van der Waals surface area contributed by atoms with Crippen molar-refractivity contribution in [2.24, 2.45) is 11.8 Å². The van der Waals surface area contributed by atoms with Crippen LogP contribution in [0.1, 0.15) is 52.4 Å². The number of likely N-dealkylation sites (N-methyl/N-ethyl adjacent to an activating group) is 1. The van der Waals surface area contributed by atoms with Gasteiger partial charge in [0.05, 0.1) is 0 Å². The summed E-state index contributed by atoms with van der Waals surface area (Å²) in [6.45, 7) is 4.21. The lowest BCUT2D eigenvalue weighted by atomic mass is 9.83. The predicted octanol–water partition coefficient (Wildman–Crippen LogP) is 2.75. The van der Waals surface area contributed by atoms with Crippen LogP contribution in [0.5, 0.6) is 0 Å². The summed E-state index contributed by atoms with van der Waals surface area (Å²) in [5.41, 5.74) is -0.637. The van der Waals surface area contributed by atoms with E-state index in [4.69, 9.17) is 0 Å². The van der Waals surface area contributed by atoms with Gasteiger partial charge in [-0.2, -0.15) is 0 Å². The molecule has 0 bridgehead atoms. The molecular formula is C14H25NO2. The lowest BCUT2D eigenvalue weighted by Gasteiger charge is -2.43. The molecule has 2 saturated carbocycles. The first-order chi connectivity index (χ1) is 7.96. The minimum atomic E-state index is -0.638. The Bertz CT molecular complexity index is 301. The van der Waals surface area contributed by atoms with Crippen molar-refractivity contribution in [1.82, 2.24) is 4.90 Å². The maximum Gasteiger partial charge on any atom is 0.324 e. The van der Waals surface area contributed by atoms with Gasteiger partial charge in [-0.15, -0.1) is 0 Å². The molecule has 0 saturated heterocycles. The van der Waals surface area contributed by atoms with E-state index >= 15 is 0 Å². The first kappa shape index (κ1) is 12.9. The highest BCUT2D eigenvalue weighted by atomic mass is 16.4. The maximum atomic E-state index is 11.6. The third kappa shape index (κ3) is 2.35. The Morgan fingerprint density at radius 3 is 2.41 bits per heavy atom. The Balaban J connectivity index is 2.10. The zero-order valence-corrected chi connectivity index (χ0v) is 11.3. The van der Waals surface area contributed by atoms with Crippen molar-refractivity contribution in [2.45, 2.75) is 64.0 Å². The van der Waals surface area contributed by atoms with E-state index in [1.165, 1.54) is 12.8 Å². The SMILES string of the molecule is CC1CCCC(N(C)C(C)(C(=O)O)C2CC2)C1. The molecule has 0 spiro atoms. The van der Waals surface area contributed by atoms with E-state index in [1.807, 2.05) is 14.0 Å². The van der Waals surface area contributed by atoms with Crippen molar-refractivity contribution in [1.29, 1.82) is 0 Å². The average Bonchev–Trinajstić information content (AvgIpc) is 3.10. The van der Waals surface area contributed by atoms with E-state index in [0.29, 0.717) is 12.0 Å². The number of aliphatic carboxylic acids is 1. The monoisotopic (exact) mass is 239 g/mol. The molecule has 0 heterocycles. The Labute approximate surface area is 104 Å². The second kappa shape index (κ2) is 4.60. The maximum absolute atomic E-state index is 11.6. The van der Waals surface area contributed by atoms with Gasteiger partial charge in [0.2, 0.25) is 0 Å². The third-order valence-electron chi connectivity index (χ3n) is 4.99. The molecule has 0 radical (unpaired) electrons. The van der Waals surface area contributed by atoms with Gasteiger partial charge in [0.25, 0.3) is 0 Å². The molecule has 3 nitrogen and oxygen atoms in total. The molecule has 3 unspecified atom stereocenters. The highest BCUT2D eigenvalue weighted by molar-refractivity contribution is 5.79. The Hall–Kier alpha value is -0.570. The van der Waals surface area contributed by atoms with Crippen LogP contribution in [0.2, 0.25) is 0 Å². The van der Waals surface area contributed by atoms with Crippen LogP contribution in [0.3, 0.4) is 0 Å². The first-order valence-corrected chi connectivity index (χ1v) is 6.92. The zero-order chi connectivity index (χ0) is 12.6. The van der Waals surface area contributed by atoms with E-state index in [-0.39, 0.29) is 0 Å². The molecule has 17 heavy (non-hydrogen) atoms. The summed E-state index contributed by atoms with van der Waals surface area (Å²) in [7, 11) is 2.02. The fourth-order valence-corrected chi connectivity index (χ4v) is 3.39. The highest BCUT2D eigenvalue weighted by Crippen LogP contribution is 2.45. The van der Waals surface area contributed by atoms with Crippen LogP contribution in [-0.4, -0.2) is 34.6 Å². The van der Waals surface area contributed by atoms with E-state index in [0.717, 1.165) is 31.6 Å². The molecule has 98 valence electrons. The van der Waals surface area contributed by atoms with E-state index in [1.54, 1.807) is 0 Å². The predicted molar refractivity (Wildman–Crippen MR) is 67.9 cm³/mol. The summed E-state index contributed by atoms with van der Waals surface area (Å²) in [4.78, 5) is 13.8. The smallest absolute Gasteiger partial charge is 0.324 e. The summed E-state index contributed by atoms with van der Waals surface area (Å²) < 4.78 is 0. The minimum Gasteiger partial charge on any atom is -0.480 e. The summed E-state index contributed by atoms with van der Waals surface area (Å²) in [6, 6.07) is 0.459. The molecular weight excluding hydrogens is 214 g/mol. The van der Waals surface area contributed by atoms with E-state index in [9.17, 15) is 9.90 Å². The van der Waals surface area contributed by atoms with Crippen LogP contribution < -0.4 is 0 Å². The zero-order valence-electron chi connectivity index (χ0n) is 11.3. The van der Waals surface area contributed by atoms with Gasteiger partial charge < -0.3 is 5.11 Å². The van der Waals surface area contributed by atoms with E-state index < -0.39 is 11.5 Å². The standard InChI is InChI=1S/C14H25NO2/c1-10-5-4-6-12(9-10)15(3)14(2,13(16)17)11-7-8-11/h10-12H,4-9H2,1-3H3,(H,16,17). The van der Waals surface area contributed by atoms with Crippen LogP contribution in [0, 0.1) is 11.8 Å². The fraction of sp³-hybridized carbons (Fsp3) is 0.929. The second-order valence-corrected chi connectivity index (χ2v) is 6.26. The molecule has 3 heteroatoms. The van der Waals surface area contributed by atoms with Gasteiger partial charge >= 0.3 is 5.97 Å². The van der Waals surface area contributed by atoms with Crippen molar-refractivity contribution in [3.63, 3.8) is 0 Å². The largest absolute Gasteiger partial charge is 0.480 e. The topological polar surface area (TPSA) is 40.5 Å². The van der Waals surface area contributed by atoms with Crippen molar-refractivity contribution < 1.29 is 9.90 Å². The Kier molecular flexibility index (Phi) is 3.48. The third-order valence-corrected chi connectivity index (χ3v) is 4.99. The summed E-state index contributed by atoms with van der Waals surface area (Å²) in [5, 5.41) is 9.57. The van der Waals surface area contributed by atoms with Gasteiger partial charge in [0.15, 0.2) is 0 Å². The van der Waals surface area contributed by atoms with Crippen LogP contribution in [0.15, 0.2) is 0 Å². The summed E-state index contributed by atoms with van der Waals surface area (Å²) >= 11 is 0. The van der Waals surface area contributed by atoms with Crippen molar-refractivity contribution in [3.05, 3.63) is 0 Å². The number of carboxylic acid groups (broad SMARTS) is 1. The molecule has 2 fully saturated rings. The van der Waals surface area contributed by atoms with Crippen molar-refractivity contribution >= 4 is 5.97 Å². The van der Waals surface area contributed by atoms with Gasteiger partial charge in [-0.25, -0.2) is 0 Å². The number of rotatable bonds is 4. The highest BCUT2D eigenvalue weighted by Gasteiger charge is 2.52. The second-order valence-electron chi connectivity index (χ2n) is 6.26. The number of nitrogens with zero attached hydrogens (tertiary/aromatic N) is 1. The van der Waals surface area contributed by atoms with E-state index in [2.05, 4.69) is 11.8 Å². The first-order valence-electron chi connectivity index (χ1n) is 6.92. The fourth-order valence-electron chi connectivity index (χ4n) is 3.39. The summed E-state index contributed by atoms with van der Waals surface area (Å²) in [5.74, 6) is 0.469. The number of hydrogen-bond donors (Lipinski definition) is 1. The van der Waals surface area contributed by atoms with Crippen LogP contribution in [0.4, 0.5) is 0 Å². The van der Waals surface area contributed by atoms with Gasteiger partial charge in [0, 0.05) is 6.04 Å². The minimum absolute atomic E-state index is 0.363. The van der Waals surface area contributed by atoms with Crippen LogP contribution in [-0.2, 0) is 4.79 Å². The Morgan fingerprint density at radius 1 is 1.29 bits per heavy atom. The molecule has 0 aromatic rings. The van der Waals surface area contributed by atoms with Gasteiger partial charge in [0.1, 0.15) is 5.54 Å². The quantitative estimate of drug-likeness (QED) is 0.820. The Morgan fingerprint density at radius 2 is 1.94 bits per heavy atom. The lowest BCUT2D eigenvalue weighted by molar-refractivity contribution is -0.153. The number of carbonyl (C=O) groups is 1. The summed E-state index contributed by atoms with van der Waals surface area (Å²) in [6.07, 6.45) is 7.03. The van der Waals surface area contributed by atoms with Crippen LogP contribution in [0.25, 0.3) is 0 Å². The molecule has 0 amide bonds. The average molecular weight is 239 g/mol. The van der Waals surface area contributed by atoms with Crippen LogP contribution >= 0.6 is 0 Å². The normalized spacial score (nSPS) is 33.4. The number of hydrogen-bond acceptors (Lipinski definition) is 2. The molecule has 0 aromatic heterocycles. The molecule has 2 aliphatic rings. The van der Waals surface area contributed by atoms with Gasteiger partial charge in [-0.3, -0.25) is 9.69 Å². The van der Waals surface area contributed by atoms with Gasteiger partial charge in [-0.05, 0) is 51.5 Å².